The van der Waals surface area contributed by atoms with Crippen LogP contribution in [0.4, 0.5) is 0 Å². The molecular formula is C12H19N5. The van der Waals surface area contributed by atoms with E-state index in [9.17, 15) is 0 Å². The van der Waals surface area contributed by atoms with Crippen LogP contribution in [0.25, 0.3) is 11.3 Å². The molecule has 0 fully saturated rings. The van der Waals surface area contributed by atoms with Crippen molar-refractivity contribution < 1.29 is 0 Å². The first-order chi connectivity index (χ1) is 8.35. The lowest BCUT2D eigenvalue weighted by Gasteiger charge is -2.02. The Morgan fingerprint density at radius 1 is 1.35 bits per heavy atom. The Balaban J connectivity index is 2.12. The van der Waals surface area contributed by atoms with Gasteiger partial charge >= 0.3 is 0 Å². The van der Waals surface area contributed by atoms with Crippen molar-refractivity contribution >= 4 is 0 Å². The predicted molar refractivity (Wildman–Crippen MR) is 67.5 cm³/mol. The van der Waals surface area contributed by atoms with Crippen LogP contribution in [0.2, 0.25) is 0 Å². The zero-order valence-corrected chi connectivity index (χ0v) is 10.4. The van der Waals surface area contributed by atoms with Gasteiger partial charge in [0, 0.05) is 30.4 Å². The van der Waals surface area contributed by atoms with Gasteiger partial charge in [-0.3, -0.25) is 9.78 Å². The fourth-order valence-electron chi connectivity index (χ4n) is 1.76. The van der Waals surface area contributed by atoms with E-state index in [1.165, 1.54) is 5.56 Å². The van der Waals surface area contributed by atoms with E-state index in [1.54, 1.807) is 0 Å². The molecule has 0 aromatic carbocycles. The molecule has 0 amide bonds. The van der Waals surface area contributed by atoms with Crippen LogP contribution in [-0.4, -0.2) is 26.5 Å². The number of hydrogen-bond acceptors (Lipinski definition) is 3. The summed E-state index contributed by atoms with van der Waals surface area (Å²) in [6.45, 7) is 7.00. The molecule has 0 saturated heterocycles. The van der Waals surface area contributed by atoms with E-state index in [1.807, 2.05) is 23.3 Å². The quantitative estimate of drug-likeness (QED) is 0.748. The standard InChI is InChI=1S/C12H19N5/c1-3-5-13-6-10-7-14-16-12(10)11-8-15-17(4-2)9-11/h7-9,13H,3-6H2,1-2H3,(H,14,16). The predicted octanol–water partition coefficient (Wildman–Crippen LogP) is 1.79. The monoisotopic (exact) mass is 233 g/mol. The smallest absolute Gasteiger partial charge is 0.0726 e. The zero-order valence-electron chi connectivity index (χ0n) is 10.4. The molecule has 2 N–H and O–H groups in total. The molecule has 0 unspecified atom stereocenters. The van der Waals surface area contributed by atoms with Crippen LogP contribution in [0, 0.1) is 0 Å². The number of nitrogens with one attached hydrogen (secondary N) is 2. The summed E-state index contributed by atoms with van der Waals surface area (Å²) in [5.74, 6) is 0. The highest BCUT2D eigenvalue weighted by atomic mass is 15.3. The van der Waals surface area contributed by atoms with Crippen LogP contribution < -0.4 is 5.32 Å². The first kappa shape index (κ1) is 11.9. The highest BCUT2D eigenvalue weighted by molar-refractivity contribution is 5.60. The van der Waals surface area contributed by atoms with Crippen LogP contribution in [0.5, 0.6) is 0 Å². The Kier molecular flexibility index (Phi) is 3.93. The Bertz CT molecular complexity index is 457. The molecule has 0 spiro atoms. The van der Waals surface area contributed by atoms with Crippen molar-refractivity contribution in [3.05, 3.63) is 24.2 Å². The lowest BCUT2D eigenvalue weighted by atomic mass is 10.1. The van der Waals surface area contributed by atoms with E-state index >= 15 is 0 Å². The van der Waals surface area contributed by atoms with Crippen molar-refractivity contribution in [1.29, 1.82) is 0 Å². The van der Waals surface area contributed by atoms with Gasteiger partial charge in [-0.2, -0.15) is 10.2 Å². The van der Waals surface area contributed by atoms with Crippen molar-refractivity contribution in [2.75, 3.05) is 6.54 Å². The molecule has 0 aliphatic carbocycles. The third-order valence-electron chi connectivity index (χ3n) is 2.71. The molecule has 2 aromatic rings. The topological polar surface area (TPSA) is 58.5 Å². The summed E-state index contributed by atoms with van der Waals surface area (Å²) in [7, 11) is 0. The molecule has 2 rings (SSSR count). The summed E-state index contributed by atoms with van der Waals surface area (Å²) in [5, 5.41) is 14.8. The van der Waals surface area contributed by atoms with E-state index in [0.717, 1.165) is 37.3 Å². The lowest BCUT2D eigenvalue weighted by Crippen LogP contribution is -2.13. The second-order valence-electron chi connectivity index (χ2n) is 4.03. The van der Waals surface area contributed by atoms with E-state index in [2.05, 4.69) is 34.5 Å². The molecular weight excluding hydrogens is 214 g/mol. The number of aryl methyl sites for hydroxylation is 1. The lowest BCUT2D eigenvalue weighted by molar-refractivity contribution is 0.660. The second kappa shape index (κ2) is 5.63. The van der Waals surface area contributed by atoms with Gasteiger partial charge in [-0.05, 0) is 19.9 Å². The number of H-pyrrole nitrogens is 1. The van der Waals surface area contributed by atoms with E-state index in [-0.39, 0.29) is 0 Å². The summed E-state index contributed by atoms with van der Waals surface area (Å²) in [6.07, 6.45) is 6.93. The maximum absolute atomic E-state index is 4.28. The summed E-state index contributed by atoms with van der Waals surface area (Å²) in [6, 6.07) is 0. The molecule has 5 nitrogen and oxygen atoms in total. The number of aromatic nitrogens is 4. The molecule has 0 saturated carbocycles. The Morgan fingerprint density at radius 2 is 2.24 bits per heavy atom. The normalized spacial score (nSPS) is 10.9. The van der Waals surface area contributed by atoms with Gasteiger partial charge in [0.05, 0.1) is 18.1 Å². The average molecular weight is 233 g/mol. The van der Waals surface area contributed by atoms with Crippen LogP contribution in [0.15, 0.2) is 18.6 Å². The van der Waals surface area contributed by atoms with Gasteiger partial charge in [-0.15, -0.1) is 0 Å². The molecule has 0 atom stereocenters. The summed E-state index contributed by atoms with van der Waals surface area (Å²) < 4.78 is 1.92. The number of nitrogens with zero attached hydrogens (tertiary/aromatic N) is 3. The van der Waals surface area contributed by atoms with Crippen molar-refractivity contribution in [3.63, 3.8) is 0 Å². The van der Waals surface area contributed by atoms with Gasteiger partial charge in [-0.25, -0.2) is 0 Å². The van der Waals surface area contributed by atoms with E-state index in [0.29, 0.717) is 0 Å². The molecule has 2 aromatic heterocycles. The number of rotatable bonds is 6. The van der Waals surface area contributed by atoms with Crippen LogP contribution in [0.3, 0.4) is 0 Å². The molecule has 5 heteroatoms. The molecule has 0 radical (unpaired) electrons. The molecule has 17 heavy (non-hydrogen) atoms. The van der Waals surface area contributed by atoms with Gasteiger partial charge in [0.25, 0.3) is 0 Å². The Labute approximate surface area is 101 Å². The average Bonchev–Trinajstić information content (AvgIpc) is 2.96. The van der Waals surface area contributed by atoms with Gasteiger partial charge in [0.15, 0.2) is 0 Å². The third kappa shape index (κ3) is 2.74. The van der Waals surface area contributed by atoms with Gasteiger partial charge in [-0.1, -0.05) is 6.92 Å². The largest absolute Gasteiger partial charge is 0.313 e. The second-order valence-corrected chi connectivity index (χ2v) is 4.03. The number of hydrogen-bond donors (Lipinski definition) is 2. The van der Waals surface area contributed by atoms with Crippen molar-refractivity contribution in [2.24, 2.45) is 0 Å². The summed E-state index contributed by atoms with van der Waals surface area (Å²) in [4.78, 5) is 0. The van der Waals surface area contributed by atoms with Crippen LogP contribution in [-0.2, 0) is 13.1 Å². The van der Waals surface area contributed by atoms with Gasteiger partial charge in [0.2, 0.25) is 0 Å². The molecule has 92 valence electrons. The van der Waals surface area contributed by atoms with Crippen molar-refractivity contribution in [2.45, 2.75) is 33.4 Å². The minimum absolute atomic E-state index is 0.844. The maximum Gasteiger partial charge on any atom is 0.0726 e. The first-order valence-corrected chi connectivity index (χ1v) is 6.11. The molecule has 0 bridgehead atoms. The van der Waals surface area contributed by atoms with E-state index < -0.39 is 0 Å². The van der Waals surface area contributed by atoms with Gasteiger partial charge in [0.1, 0.15) is 0 Å². The summed E-state index contributed by atoms with van der Waals surface area (Å²) in [5.41, 5.74) is 3.35. The first-order valence-electron chi connectivity index (χ1n) is 6.11. The fourth-order valence-corrected chi connectivity index (χ4v) is 1.76. The molecule has 0 aliphatic heterocycles. The summed E-state index contributed by atoms with van der Waals surface area (Å²) >= 11 is 0. The highest BCUT2D eigenvalue weighted by Crippen LogP contribution is 2.20. The Hall–Kier alpha value is -1.62. The minimum Gasteiger partial charge on any atom is -0.313 e. The van der Waals surface area contributed by atoms with Crippen molar-refractivity contribution in [1.82, 2.24) is 25.3 Å². The van der Waals surface area contributed by atoms with E-state index in [4.69, 9.17) is 0 Å². The van der Waals surface area contributed by atoms with Crippen molar-refractivity contribution in [3.8, 4) is 11.3 Å². The maximum atomic E-state index is 4.28. The Morgan fingerprint density at radius 3 is 2.94 bits per heavy atom. The molecule has 0 aliphatic rings. The minimum atomic E-state index is 0.844. The van der Waals surface area contributed by atoms with Crippen LogP contribution in [0.1, 0.15) is 25.8 Å². The zero-order chi connectivity index (χ0) is 12.1. The highest BCUT2D eigenvalue weighted by Gasteiger charge is 2.08. The third-order valence-corrected chi connectivity index (χ3v) is 2.71. The van der Waals surface area contributed by atoms with Gasteiger partial charge < -0.3 is 5.32 Å². The SMILES string of the molecule is CCCNCc1cn[nH]c1-c1cnn(CC)c1. The molecule has 2 heterocycles. The number of aromatic amines is 1. The van der Waals surface area contributed by atoms with Crippen LogP contribution >= 0.6 is 0 Å². The fraction of sp³-hybridized carbons (Fsp3) is 0.500.